The van der Waals surface area contributed by atoms with Crippen LogP contribution < -0.4 is 0 Å². The molecule has 1 aliphatic rings. The van der Waals surface area contributed by atoms with Crippen LogP contribution in [0.5, 0.6) is 0 Å². The van der Waals surface area contributed by atoms with Crippen LogP contribution in [-0.4, -0.2) is 5.11 Å². The van der Waals surface area contributed by atoms with Gasteiger partial charge in [0.1, 0.15) is 5.60 Å². The van der Waals surface area contributed by atoms with Crippen molar-refractivity contribution in [3.63, 3.8) is 0 Å². The number of hydrogen-bond donors (Lipinski definition) is 1. The van der Waals surface area contributed by atoms with E-state index in [2.05, 4.69) is 54.9 Å². The van der Waals surface area contributed by atoms with Gasteiger partial charge in [0.05, 0.1) is 0 Å². The molecule has 17 heavy (non-hydrogen) atoms. The van der Waals surface area contributed by atoms with E-state index >= 15 is 0 Å². The number of aliphatic hydroxyl groups is 1. The number of allylic oxidation sites excluding steroid dienone is 1. The summed E-state index contributed by atoms with van der Waals surface area (Å²) in [6.07, 6.45) is 3.75. The van der Waals surface area contributed by atoms with Crippen molar-refractivity contribution in [1.29, 1.82) is 0 Å². The molecule has 0 amide bonds. The zero-order valence-electron chi connectivity index (χ0n) is 10.6. The van der Waals surface area contributed by atoms with Gasteiger partial charge in [-0.2, -0.15) is 0 Å². The molecular formula is C15H19BrO. The van der Waals surface area contributed by atoms with Gasteiger partial charge in [0.15, 0.2) is 0 Å². The minimum absolute atomic E-state index is 0.157. The van der Waals surface area contributed by atoms with Gasteiger partial charge in [0, 0.05) is 4.48 Å². The van der Waals surface area contributed by atoms with Gasteiger partial charge in [0.25, 0.3) is 0 Å². The van der Waals surface area contributed by atoms with E-state index in [9.17, 15) is 5.11 Å². The average molecular weight is 295 g/mol. The molecule has 0 saturated carbocycles. The third-order valence-electron chi connectivity index (χ3n) is 3.45. The molecule has 0 heterocycles. The summed E-state index contributed by atoms with van der Waals surface area (Å²) in [5.41, 5.74) is 1.62. The standard InChI is InChI=1S/C15H19BrO/c1-14(2,3)11-6-8-12(9-7-11)15(17)10-4-5-13(15)16/h5-9,17H,4,10H2,1-3H3. The predicted molar refractivity (Wildman–Crippen MR) is 75.3 cm³/mol. The molecule has 1 aromatic rings. The summed E-state index contributed by atoms with van der Waals surface area (Å²) in [6.45, 7) is 6.59. The van der Waals surface area contributed by atoms with Crippen LogP contribution in [0.25, 0.3) is 0 Å². The van der Waals surface area contributed by atoms with E-state index in [0.717, 1.165) is 22.9 Å². The molecule has 1 atom stereocenters. The zero-order chi connectivity index (χ0) is 12.7. The summed E-state index contributed by atoms with van der Waals surface area (Å²) < 4.78 is 0.897. The fourth-order valence-corrected chi connectivity index (χ4v) is 2.88. The number of rotatable bonds is 1. The van der Waals surface area contributed by atoms with Crippen molar-refractivity contribution in [3.05, 3.63) is 46.0 Å². The lowest BCUT2D eigenvalue weighted by atomic mass is 9.84. The lowest BCUT2D eigenvalue weighted by Gasteiger charge is -2.26. The van der Waals surface area contributed by atoms with Gasteiger partial charge in [-0.3, -0.25) is 0 Å². The fraction of sp³-hybridized carbons (Fsp3) is 0.467. The summed E-state index contributed by atoms with van der Waals surface area (Å²) in [7, 11) is 0. The second kappa shape index (κ2) is 4.25. The molecule has 2 heteroatoms. The molecule has 92 valence electrons. The second-order valence-corrected chi connectivity index (χ2v) is 6.63. The van der Waals surface area contributed by atoms with E-state index in [4.69, 9.17) is 0 Å². The maximum atomic E-state index is 10.6. The van der Waals surface area contributed by atoms with Gasteiger partial charge in [-0.15, -0.1) is 0 Å². The van der Waals surface area contributed by atoms with Crippen molar-refractivity contribution in [1.82, 2.24) is 0 Å². The molecule has 1 unspecified atom stereocenters. The highest BCUT2D eigenvalue weighted by Gasteiger charge is 2.35. The lowest BCUT2D eigenvalue weighted by Crippen LogP contribution is -2.23. The Morgan fingerprint density at radius 3 is 2.18 bits per heavy atom. The Kier molecular flexibility index (Phi) is 3.21. The Labute approximate surface area is 112 Å². The van der Waals surface area contributed by atoms with Crippen LogP contribution in [0.1, 0.15) is 44.7 Å². The Hall–Kier alpha value is -0.600. The van der Waals surface area contributed by atoms with Crippen molar-refractivity contribution < 1.29 is 5.11 Å². The van der Waals surface area contributed by atoms with Crippen LogP contribution in [0.2, 0.25) is 0 Å². The average Bonchev–Trinajstić information content (AvgIpc) is 2.60. The maximum Gasteiger partial charge on any atom is 0.121 e. The Morgan fingerprint density at radius 2 is 1.76 bits per heavy atom. The first-order chi connectivity index (χ1) is 7.84. The Bertz CT molecular complexity index is 439. The predicted octanol–water partition coefficient (Wildman–Crippen LogP) is 4.24. The fourth-order valence-electron chi connectivity index (χ4n) is 2.22. The molecule has 2 rings (SSSR count). The smallest absolute Gasteiger partial charge is 0.121 e. The minimum atomic E-state index is -0.809. The molecule has 0 bridgehead atoms. The SMILES string of the molecule is CC(C)(C)c1ccc(C2(O)CCC=C2Br)cc1. The highest BCUT2D eigenvalue weighted by atomic mass is 79.9. The molecule has 0 aromatic heterocycles. The third kappa shape index (κ3) is 2.34. The topological polar surface area (TPSA) is 20.2 Å². The molecule has 1 N–H and O–H groups in total. The van der Waals surface area contributed by atoms with Gasteiger partial charge in [-0.25, -0.2) is 0 Å². The quantitative estimate of drug-likeness (QED) is 0.821. The number of benzene rings is 1. The van der Waals surface area contributed by atoms with Crippen molar-refractivity contribution in [2.24, 2.45) is 0 Å². The molecular weight excluding hydrogens is 276 g/mol. The normalized spacial score (nSPS) is 24.9. The Balaban J connectivity index is 2.34. The number of hydrogen-bond acceptors (Lipinski definition) is 1. The molecule has 0 aliphatic heterocycles. The van der Waals surface area contributed by atoms with Crippen LogP contribution in [0.15, 0.2) is 34.8 Å². The first-order valence-corrected chi connectivity index (χ1v) is 6.83. The molecule has 0 radical (unpaired) electrons. The molecule has 0 spiro atoms. The first kappa shape index (κ1) is 12.8. The van der Waals surface area contributed by atoms with E-state index in [1.807, 2.05) is 12.1 Å². The van der Waals surface area contributed by atoms with Crippen molar-refractivity contribution in [2.75, 3.05) is 0 Å². The second-order valence-electron chi connectivity index (χ2n) is 5.78. The van der Waals surface area contributed by atoms with E-state index in [1.54, 1.807) is 0 Å². The van der Waals surface area contributed by atoms with Gasteiger partial charge < -0.3 is 5.11 Å². The monoisotopic (exact) mass is 294 g/mol. The minimum Gasteiger partial charge on any atom is -0.380 e. The van der Waals surface area contributed by atoms with Crippen molar-refractivity contribution in [3.8, 4) is 0 Å². The summed E-state index contributed by atoms with van der Waals surface area (Å²) >= 11 is 3.47. The van der Waals surface area contributed by atoms with Crippen molar-refractivity contribution >= 4 is 15.9 Å². The van der Waals surface area contributed by atoms with E-state index in [0.29, 0.717) is 0 Å². The van der Waals surface area contributed by atoms with Gasteiger partial charge >= 0.3 is 0 Å². The maximum absolute atomic E-state index is 10.6. The molecule has 0 saturated heterocycles. The van der Waals surface area contributed by atoms with E-state index in [-0.39, 0.29) is 5.41 Å². The molecule has 1 aromatic carbocycles. The molecule has 1 aliphatic carbocycles. The zero-order valence-corrected chi connectivity index (χ0v) is 12.2. The van der Waals surface area contributed by atoms with Gasteiger partial charge in [-0.05, 0) is 29.4 Å². The first-order valence-electron chi connectivity index (χ1n) is 6.03. The largest absolute Gasteiger partial charge is 0.380 e. The summed E-state index contributed by atoms with van der Waals surface area (Å²) in [5.74, 6) is 0. The van der Waals surface area contributed by atoms with Gasteiger partial charge in [-0.1, -0.05) is 67.0 Å². The van der Waals surface area contributed by atoms with Gasteiger partial charge in [0.2, 0.25) is 0 Å². The Morgan fingerprint density at radius 1 is 1.18 bits per heavy atom. The van der Waals surface area contributed by atoms with Crippen LogP contribution in [0, 0.1) is 0 Å². The summed E-state index contributed by atoms with van der Waals surface area (Å²) in [4.78, 5) is 0. The van der Waals surface area contributed by atoms with Crippen LogP contribution in [0.4, 0.5) is 0 Å². The molecule has 1 nitrogen and oxygen atoms in total. The van der Waals surface area contributed by atoms with Crippen LogP contribution in [-0.2, 0) is 11.0 Å². The van der Waals surface area contributed by atoms with E-state index in [1.165, 1.54) is 5.56 Å². The van der Waals surface area contributed by atoms with Crippen LogP contribution >= 0.6 is 15.9 Å². The molecule has 0 fully saturated rings. The van der Waals surface area contributed by atoms with Crippen LogP contribution in [0.3, 0.4) is 0 Å². The lowest BCUT2D eigenvalue weighted by molar-refractivity contribution is 0.0864. The summed E-state index contributed by atoms with van der Waals surface area (Å²) in [6, 6.07) is 8.32. The van der Waals surface area contributed by atoms with Crippen molar-refractivity contribution in [2.45, 2.75) is 44.6 Å². The number of halogens is 1. The third-order valence-corrected chi connectivity index (χ3v) is 4.43. The summed E-state index contributed by atoms with van der Waals surface area (Å²) in [5, 5.41) is 10.6. The highest BCUT2D eigenvalue weighted by molar-refractivity contribution is 9.11. The highest BCUT2D eigenvalue weighted by Crippen LogP contribution is 2.42. The van der Waals surface area contributed by atoms with E-state index < -0.39 is 5.60 Å².